The van der Waals surface area contributed by atoms with Crippen LogP contribution < -0.4 is 5.14 Å². The van der Waals surface area contributed by atoms with E-state index in [9.17, 15) is 8.42 Å². The van der Waals surface area contributed by atoms with E-state index in [4.69, 9.17) is 5.14 Å². The Bertz CT molecular complexity index is 357. The molecule has 0 radical (unpaired) electrons. The largest absolute Gasteiger partial charge is 0.329 e. The molecule has 0 saturated heterocycles. The monoisotopic (exact) mass is 207 g/mol. The Morgan fingerprint density at radius 2 is 2.42 bits per heavy atom. The average Bonchev–Trinajstić information content (AvgIpc) is 2.29. The lowest BCUT2D eigenvalue weighted by Crippen LogP contribution is -2.14. The molecule has 0 amide bonds. The highest BCUT2D eigenvalue weighted by Crippen LogP contribution is 2.14. The number of hydrogen-bond donors (Lipinski definition) is 1. The first-order chi connectivity index (χ1) is 5.49. The Morgan fingerprint density at radius 3 is 2.83 bits per heavy atom. The smallest absolute Gasteiger partial charge is 0.218 e. The standard InChI is InChI=1S/C5H9N3O2S2/c1-8-3-2-7-5(8)11-4-12(6,9)10/h2-3H,4H2,1H3,(H2,6,9,10). The summed E-state index contributed by atoms with van der Waals surface area (Å²) in [7, 11) is -1.62. The molecule has 0 spiro atoms. The molecular formula is C5H9N3O2S2. The molecule has 2 N–H and O–H groups in total. The van der Waals surface area contributed by atoms with Crippen molar-refractivity contribution in [2.45, 2.75) is 5.16 Å². The third-order valence-electron chi connectivity index (χ3n) is 1.13. The molecule has 1 rings (SSSR count). The van der Waals surface area contributed by atoms with Gasteiger partial charge in [-0.2, -0.15) is 0 Å². The van der Waals surface area contributed by atoms with E-state index in [-0.39, 0.29) is 5.08 Å². The van der Waals surface area contributed by atoms with E-state index in [1.807, 2.05) is 0 Å². The molecule has 0 unspecified atom stereocenters. The molecule has 0 aliphatic rings. The van der Waals surface area contributed by atoms with Crippen LogP contribution in [-0.4, -0.2) is 23.1 Å². The third kappa shape index (κ3) is 2.84. The lowest BCUT2D eigenvalue weighted by molar-refractivity contribution is 0.602. The van der Waals surface area contributed by atoms with Gasteiger partial charge in [-0.15, -0.1) is 0 Å². The second-order valence-corrected chi connectivity index (χ2v) is 5.17. The molecule has 1 aromatic rings. The van der Waals surface area contributed by atoms with E-state index in [1.54, 1.807) is 24.0 Å². The first kappa shape index (κ1) is 9.56. The fourth-order valence-electron chi connectivity index (χ4n) is 0.626. The highest BCUT2D eigenvalue weighted by molar-refractivity contribution is 8.11. The molecule has 0 aliphatic carbocycles. The maximum atomic E-state index is 10.6. The second-order valence-electron chi connectivity index (χ2n) is 2.25. The fourth-order valence-corrected chi connectivity index (χ4v) is 2.10. The van der Waals surface area contributed by atoms with Crippen LogP contribution in [0.1, 0.15) is 0 Å². The SMILES string of the molecule is Cn1ccnc1SCS(N)(=O)=O. The van der Waals surface area contributed by atoms with Crippen molar-refractivity contribution in [1.82, 2.24) is 9.55 Å². The molecule has 1 heterocycles. The van der Waals surface area contributed by atoms with Crippen LogP contribution in [0.4, 0.5) is 0 Å². The van der Waals surface area contributed by atoms with Crippen molar-refractivity contribution in [2.24, 2.45) is 12.2 Å². The summed E-state index contributed by atoms with van der Waals surface area (Å²) in [6, 6.07) is 0. The second kappa shape index (κ2) is 3.46. The van der Waals surface area contributed by atoms with Gasteiger partial charge >= 0.3 is 0 Å². The van der Waals surface area contributed by atoms with E-state index < -0.39 is 10.0 Å². The summed E-state index contributed by atoms with van der Waals surface area (Å²) in [5, 5.41) is 5.32. The summed E-state index contributed by atoms with van der Waals surface area (Å²) in [6.45, 7) is 0. The first-order valence-electron chi connectivity index (χ1n) is 3.09. The minimum atomic E-state index is -3.41. The fraction of sp³-hybridized carbons (Fsp3) is 0.400. The molecule has 0 atom stereocenters. The number of thioether (sulfide) groups is 1. The van der Waals surface area contributed by atoms with Gasteiger partial charge in [-0.3, -0.25) is 0 Å². The maximum Gasteiger partial charge on any atom is 0.218 e. The molecule has 5 nitrogen and oxygen atoms in total. The molecule has 1 aromatic heterocycles. The summed E-state index contributed by atoms with van der Waals surface area (Å²) < 4.78 is 22.8. The molecule has 0 saturated carbocycles. The van der Waals surface area contributed by atoms with Crippen LogP contribution in [0, 0.1) is 0 Å². The van der Waals surface area contributed by atoms with Crippen LogP contribution in [0.5, 0.6) is 0 Å². The van der Waals surface area contributed by atoms with E-state index in [2.05, 4.69) is 4.98 Å². The number of rotatable bonds is 3. The molecule has 12 heavy (non-hydrogen) atoms. The van der Waals surface area contributed by atoms with Crippen molar-refractivity contribution in [1.29, 1.82) is 0 Å². The number of imidazole rings is 1. The quantitative estimate of drug-likeness (QED) is 0.694. The molecule has 0 bridgehead atoms. The van der Waals surface area contributed by atoms with Gasteiger partial charge < -0.3 is 4.57 Å². The van der Waals surface area contributed by atoms with Gasteiger partial charge in [0, 0.05) is 19.4 Å². The van der Waals surface area contributed by atoms with Crippen LogP contribution in [0.25, 0.3) is 0 Å². The Kier molecular flexibility index (Phi) is 2.76. The van der Waals surface area contributed by atoms with Crippen LogP contribution >= 0.6 is 11.8 Å². The van der Waals surface area contributed by atoms with Crippen molar-refractivity contribution < 1.29 is 8.42 Å². The van der Waals surface area contributed by atoms with Gasteiger partial charge in [-0.1, -0.05) is 11.8 Å². The van der Waals surface area contributed by atoms with Crippen LogP contribution in [0.3, 0.4) is 0 Å². The van der Waals surface area contributed by atoms with Gasteiger partial charge in [0.15, 0.2) is 5.16 Å². The van der Waals surface area contributed by atoms with Crippen molar-refractivity contribution in [3.05, 3.63) is 12.4 Å². The number of aromatic nitrogens is 2. The predicted octanol–water partition coefficient (Wildman–Crippen LogP) is -0.242. The van der Waals surface area contributed by atoms with Gasteiger partial charge in [-0.05, 0) is 0 Å². The van der Waals surface area contributed by atoms with Crippen LogP contribution in [-0.2, 0) is 17.1 Å². The molecule has 0 aromatic carbocycles. The zero-order valence-corrected chi connectivity index (χ0v) is 8.10. The van der Waals surface area contributed by atoms with Crippen molar-refractivity contribution in [3.63, 3.8) is 0 Å². The van der Waals surface area contributed by atoms with Gasteiger partial charge in [0.05, 0.1) is 0 Å². The summed E-state index contributed by atoms with van der Waals surface area (Å²) >= 11 is 1.10. The molecule has 0 aliphatic heterocycles. The van der Waals surface area contributed by atoms with Crippen molar-refractivity contribution in [2.75, 3.05) is 5.08 Å². The zero-order valence-electron chi connectivity index (χ0n) is 6.47. The van der Waals surface area contributed by atoms with Gasteiger partial charge in [-0.25, -0.2) is 18.5 Å². The van der Waals surface area contributed by atoms with E-state index in [0.717, 1.165) is 11.8 Å². The molecule has 7 heteroatoms. The van der Waals surface area contributed by atoms with E-state index >= 15 is 0 Å². The third-order valence-corrected chi connectivity index (χ3v) is 3.57. The minimum absolute atomic E-state index is 0.141. The Balaban J connectivity index is 2.61. The number of nitrogens with zero attached hydrogens (tertiary/aromatic N) is 2. The Hall–Kier alpha value is -0.530. The number of primary sulfonamides is 1. The summed E-state index contributed by atoms with van der Waals surface area (Å²) in [6.07, 6.45) is 3.34. The predicted molar refractivity (Wildman–Crippen MR) is 47.0 cm³/mol. The summed E-state index contributed by atoms with van der Waals surface area (Å²) in [4.78, 5) is 3.92. The normalized spacial score (nSPS) is 11.8. The van der Waals surface area contributed by atoms with Crippen molar-refractivity contribution >= 4 is 21.8 Å². The first-order valence-corrected chi connectivity index (χ1v) is 5.80. The molecule has 0 fully saturated rings. The summed E-state index contributed by atoms with van der Waals surface area (Å²) in [5.41, 5.74) is 0. The van der Waals surface area contributed by atoms with Gasteiger partial charge in [0.2, 0.25) is 10.0 Å². The van der Waals surface area contributed by atoms with Crippen molar-refractivity contribution in [3.8, 4) is 0 Å². The zero-order chi connectivity index (χ0) is 9.19. The number of aryl methyl sites for hydroxylation is 1. The van der Waals surface area contributed by atoms with Crippen LogP contribution in [0.15, 0.2) is 17.6 Å². The van der Waals surface area contributed by atoms with Gasteiger partial charge in [0.25, 0.3) is 0 Å². The summed E-state index contributed by atoms with van der Waals surface area (Å²) in [5.74, 6) is 0. The highest BCUT2D eigenvalue weighted by atomic mass is 32.3. The Morgan fingerprint density at radius 1 is 1.75 bits per heavy atom. The van der Waals surface area contributed by atoms with E-state index in [0.29, 0.717) is 5.16 Å². The average molecular weight is 207 g/mol. The van der Waals surface area contributed by atoms with E-state index in [1.165, 1.54) is 0 Å². The number of hydrogen-bond acceptors (Lipinski definition) is 4. The van der Waals surface area contributed by atoms with Gasteiger partial charge in [0.1, 0.15) is 5.08 Å². The number of nitrogens with two attached hydrogens (primary N) is 1. The Labute approximate surface area is 75.0 Å². The lowest BCUT2D eigenvalue weighted by atomic mass is 10.9. The molecule has 68 valence electrons. The maximum absolute atomic E-state index is 10.6. The topological polar surface area (TPSA) is 78.0 Å². The minimum Gasteiger partial charge on any atom is -0.329 e. The van der Waals surface area contributed by atoms with Crippen LogP contribution in [0.2, 0.25) is 0 Å². The lowest BCUT2D eigenvalue weighted by Gasteiger charge is -1.98. The molecular weight excluding hydrogens is 198 g/mol. The number of sulfonamides is 1. The highest BCUT2D eigenvalue weighted by Gasteiger charge is 2.06.